The molecule has 1 aromatic carbocycles. The molecule has 3 heterocycles. The molecule has 0 bridgehead atoms. The predicted molar refractivity (Wildman–Crippen MR) is 99.5 cm³/mol. The Morgan fingerprint density at radius 1 is 1.15 bits per heavy atom. The van der Waals surface area contributed by atoms with Gasteiger partial charge >= 0.3 is 0 Å². The third kappa shape index (κ3) is 3.26. The van der Waals surface area contributed by atoms with E-state index in [1.54, 1.807) is 11.0 Å². The number of tetrazole rings is 1. The summed E-state index contributed by atoms with van der Waals surface area (Å²) < 4.78 is 0. The molecule has 0 unspecified atom stereocenters. The molecule has 0 aliphatic carbocycles. The standard InChI is InChI=1S/C18H20N8/c1-18(2,3)26-24-16(23-25-26)11-20-12-7-8-13-15(10-12)22-17(21-13)14-6-4-5-9-19-14/h4-10,20H,11H2,1-3H3,(H,21,22). The summed E-state index contributed by atoms with van der Waals surface area (Å²) in [6.45, 7) is 6.62. The van der Waals surface area contributed by atoms with Crippen LogP contribution in [0.4, 0.5) is 5.69 Å². The number of H-pyrrole nitrogens is 1. The summed E-state index contributed by atoms with van der Waals surface area (Å²) in [5, 5.41) is 15.9. The second-order valence-corrected chi connectivity index (χ2v) is 7.05. The molecule has 132 valence electrons. The molecule has 0 saturated carbocycles. The number of nitrogens with one attached hydrogen (secondary N) is 2. The average Bonchev–Trinajstić information content (AvgIpc) is 3.27. The number of pyridine rings is 1. The number of imidazole rings is 1. The molecular formula is C18H20N8. The lowest BCUT2D eigenvalue weighted by atomic mass is 10.1. The molecule has 8 nitrogen and oxygen atoms in total. The van der Waals surface area contributed by atoms with Crippen LogP contribution in [0.25, 0.3) is 22.6 Å². The Balaban J connectivity index is 1.51. The van der Waals surface area contributed by atoms with Crippen molar-refractivity contribution in [2.45, 2.75) is 32.9 Å². The van der Waals surface area contributed by atoms with Crippen LogP contribution in [0.2, 0.25) is 0 Å². The minimum atomic E-state index is -0.179. The molecule has 26 heavy (non-hydrogen) atoms. The lowest BCUT2D eigenvalue weighted by molar-refractivity contribution is 0.305. The van der Waals surface area contributed by atoms with E-state index in [0.29, 0.717) is 12.4 Å². The van der Waals surface area contributed by atoms with E-state index >= 15 is 0 Å². The molecule has 0 aliphatic heterocycles. The molecule has 4 aromatic rings. The van der Waals surface area contributed by atoms with Crippen LogP contribution in [0.3, 0.4) is 0 Å². The van der Waals surface area contributed by atoms with E-state index in [0.717, 1.165) is 28.2 Å². The van der Waals surface area contributed by atoms with Gasteiger partial charge in [0.15, 0.2) is 11.6 Å². The Morgan fingerprint density at radius 2 is 2.04 bits per heavy atom. The maximum Gasteiger partial charge on any atom is 0.193 e. The molecule has 4 rings (SSSR count). The Labute approximate surface area is 150 Å². The zero-order valence-corrected chi connectivity index (χ0v) is 14.9. The molecule has 0 saturated heterocycles. The van der Waals surface area contributed by atoms with E-state index < -0.39 is 0 Å². The number of hydrogen-bond donors (Lipinski definition) is 2. The van der Waals surface area contributed by atoms with Crippen molar-refractivity contribution in [1.29, 1.82) is 0 Å². The summed E-state index contributed by atoms with van der Waals surface area (Å²) in [6, 6.07) is 11.7. The van der Waals surface area contributed by atoms with Crippen molar-refractivity contribution in [3.05, 3.63) is 48.4 Å². The molecule has 0 spiro atoms. The van der Waals surface area contributed by atoms with Crippen molar-refractivity contribution in [1.82, 2.24) is 35.2 Å². The second kappa shape index (κ2) is 6.21. The predicted octanol–water partition coefficient (Wildman–Crippen LogP) is 2.98. The Hall–Kier alpha value is -3.29. The molecule has 0 fully saturated rings. The zero-order valence-electron chi connectivity index (χ0n) is 14.9. The SMILES string of the molecule is CC(C)(C)n1nnc(CNc2ccc3nc(-c4ccccn4)[nH]c3c2)n1. The van der Waals surface area contributed by atoms with Crippen LogP contribution in [0.1, 0.15) is 26.6 Å². The quantitative estimate of drug-likeness (QED) is 0.588. The topological polar surface area (TPSA) is 97.2 Å². The van der Waals surface area contributed by atoms with E-state index in [-0.39, 0.29) is 5.54 Å². The molecular weight excluding hydrogens is 328 g/mol. The molecule has 0 radical (unpaired) electrons. The van der Waals surface area contributed by atoms with Crippen molar-refractivity contribution in [2.24, 2.45) is 0 Å². The molecule has 0 amide bonds. The van der Waals surface area contributed by atoms with Crippen LogP contribution in [0, 0.1) is 0 Å². The molecule has 2 N–H and O–H groups in total. The number of benzene rings is 1. The molecule has 0 atom stereocenters. The highest BCUT2D eigenvalue weighted by atomic mass is 15.6. The van der Waals surface area contributed by atoms with E-state index in [4.69, 9.17) is 0 Å². The first kappa shape index (κ1) is 16.2. The lowest BCUT2D eigenvalue weighted by Crippen LogP contribution is -2.24. The number of hydrogen-bond acceptors (Lipinski definition) is 6. The normalized spacial score (nSPS) is 11.8. The third-order valence-corrected chi connectivity index (χ3v) is 3.90. The summed E-state index contributed by atoms with van der Waals surface area (Å²) in [5.41, 5.74) is 3.44. The second-order valence-electron chi connectivity index (χ2n) is 7.05. The van der Waals surface area contributed by atoms with Crippen molar-refractivity contribution in [3.8, 4) is 11.5 Å². The van der Waals surface area contributed by atoms with Gasteiger partial charge in [-0.3, -0.25) is 4.98 Å². The van der Waals surface area contributed by atoms with Gasteiger partial charge in [0.2, 0.25) is 0 Å². The molecule has 0 aliphatic rings. The fourth-order valence-corrected chi connectivity index (χ4v) is 2.52. The number of anilines is 1. The minimum absolute atomic E-state index is 0.179. The van der Waals surface area contributed by atoms with Crippen molar-refractivity contribution >= 4 is 16.7 Å². The Bertz CT molecular complexity index is 1030. The zero-order chi connectivity index (χ0) is 18.1. The van der Waals surface area contributed by atoms with E-state index in [2.05, 4.69) is 35.7 Å². The Kier molecular flexibility index (Phi) is 3.87. The van der Waals surface area contributed by atoms with Crippen molar-refractivity contribution in [2.75, 3.05) is 5.32 Å². The summed E-state index contributed by atoms with van der Waals surface area (Å²) in [6.07, 6.45) is 1.76. The fraction of sp³-hybridized carbons (Fsp3) is 0.278. The minimum Gasteiger partial charge on any atom is -0.378 e. The lowest BCUT2D eigenvalue weighted by Gasteiger charge is -2.15. The monoisotopic (exact) mass is 348 g/mol. The summed E-state index contributed by atoms with van der Waals surface area (Å²) in [7, 11) is 0. The number of nitrogens with zero attached hydrogens (tertiary/aromatic N) is 6. The van der Waals surface area contributed by atoms with Crippen LogP contribution in [-0.2, 0) is 12.1 Å². The van der Waals surface area contributed by atoms with Gasteiger partial charge in [0.1, 0.15) is 5.69 Å². The first-order valence-electron chi connectivity index (χ1n) is 8.43. The van der Waals surface area contributed by atoms with Gasteiger partial charge in [-0.05, 0) is 56.3 Å². The van der Waals surface area contributed by atoms with Gasteiger partial charge in [-0.15, -0.1) is 10.2 Å². The highest BCUT2D eigenvalue weighted by Crippen LogP contribution is 2.21. The maximum atomic E-state index is 4.59. The number of fused-ring (bicyclic) bond motifs is 1. The van der Waals surface area contributed by atoms with E-state index in [1.807, 2.05) is 57.2 Å². The first-order chi connectivity index (χ1) is 12.5. The number of aromatic nitrogens is 7. The summed E-state index contributed by atoms with van der Waals surface area (Å²) in [5.74, 6) is 1.41. The van der Waals surface area contributed by atoms with Gasteiger partial charge in [-0.2, -0.15) is 4.80 Å². The van der Waals surface area contributed by atoms with Crippen LogP contribution in [0.15, 0.2) is 42.6 Å². The van der Waals surface area contributed by atoms with E-state index in [9.17, 15) is 0 Å². The van der Waals surface area contributed by atoms with Gasteiger partial charge in [-0.1, -0.05) is 6.07 Å². The van der Waals surface area contributed by atoms with E-state index in [1.165, 1.54) is 0 Å². The number of rotatable bonds is 4. The maximum absolute atomic E-state index is 4.59. The van der Waals surface area contributed by atoms with Gasteiger partial charge in [0, 0.05) is 11.9 Å². The fourth-order valence-electron chi connectivity index (χ4n) is 2.52. The van der Waals surface area contributed by atoms with Gasteiger partial charge in [-0.25, -0.2) is 4.98 Å². The van der Waals surface area contributed by atoms with Gasteiger partial charge in [0.05, 0.1) is 23.1 Å². The van der Waals surface area contributed by atoms with Crippen LogP contribution >= 0.6 is 0 Å². The Morgan fingerprint density at radius 3 is 2.77 bits per heavy atom. The highest BCUT2D eigenvalue weighted by molar-refractivity contribution is 5.82. The van der Waals surface area contributed by atoms with Crippen molar-refractivity contribution in [3.63, 3.8) is 0 Å². The molecule has 8 heteroatoms. The number of aromatic amines is 1. The largest absolute Gasteiger partial charge is 0.378 e. The van der Waals surface area contributed by atoms with Crippen LogP contribution in [-0.4, -0.2) is 35.2 Å². The third-order valence-electron chi connectivity index (χ3n) is 3.90. The average molecular weight is 348 g/mol. The summed E-state index contributed by atoms with van der Waals surface area (Å²) >= 11 is 0. The van der Waals surface area contributed by atoms with Crippen LogP contribution in [0.5, 0.6) is 0 Å². The van der Waals surface area contributed by atoms with Crippen molar-refractivity contribution < 1.29 is 0 Å². The highest BCUT2D eigenvalue weighted by Gasteiger charge is 2.16. The summed E-state index contributed by atoms with van der Waals surface area (Å²) in [4.78, 5) is 13.9. The molecule has 3 aromatic heterocycles. The smallest absolute Gasteiger partial charge is 0.193 e. The van der Waals surface area contributed by atoms with Gasteiger partial charge in [0.25, 0.3) is 0 Å². The van der Waals surface area contributed by atoms with Crippen LogP contribution < -0.4 is 5.32 Å². The van der Waals surface area contributed by atoms with Gasteiger partial charge < -0.3 is 10.3 Å². The first-order valence-corrected chi connectivity index (χ1v) is 8.43.